The average molecular weight is 366 g/mol. The summed E-state index contributed by atoms with van der Waals surface area (Å²) in [5.74, 6) is 0. The molecule has 0 atom stereocenters. The minimum Gasteiger partial charge on any atom is -0.308 e. The molecule has 1 aromatic heterocycles. The third-order valence-corrected chi connectivity index (χ3v) is 4.28. The van der Waals surface area contributed by atoms with Crippen LogP contribution >= 0.6 is 27.7 Å². The molecule has 0 aliphatic rings. The summed E-state index contributed by atoms with van der Waals surface area (Å²) in [5.41, 5.74) is 2.42. The number of hydrogen-bond donors (Lipinski definition) is 1. The molecule has 0 spiro atoms. The first-order chi connectivity index (χ1) is 9.83. The van der Waals surface area contributed by atoms with Crippen molar-refractivity contribution in [3.05, 3.63) is 46.2 Å². The Hall–Kier alpha value is -0.910. The molecule has 0 radical (unpaired) electrons. The van der Waals surface area contributed by atoms with Crippen molar-refractivity contribution in [3.8, 4) is 0 Å². The minimum atomic E-state index is 0.0926. The molecular formula is C16H20BrN3S. The summed E-state index contributed by atoms with van der Waals surface area (Å²) >= 11 is 5.13. The van der Waals surface area contributed by atoms with E-state index in [4.69, 9.17) is 0 Å². The van der Waals surface area contributed by atoms with E-state index in [1.165, 1.54) is 10.5 Å². The van der Waals surface area contributed by atoms with Crippen LogP contribution in [-0.2, 0) is 6.54 Å². The van der Waals surface area contributed by atoms with Gasteiger partial charge in [-0.25, -0.2) is 9.97 Å². The Morgan fingerprint density at radius 1 is 1.19 bits per heavy atom. The van der Waals surface area contributed by atoms with E-state index in [1.54, 1.807) is 11.8 Å². The van der Waals surface area contributed by atoms with Crippen LogP contribution in [0.3, 0.4) is 0 Å². The van der Waals surface area contributed by atoms with Crippen LogP contribution in [0, 0.1) is 6.92 Å². The van der Waals surface area contributed by atoms with Crippen LogP contribution in [0.25, 0.3) is 0 Å². The van der Waals surface area contributed by atoms with Gasteiger partial charge in [-0.2, -0.15) is 0 Å². The second-order valence-electron chi connectivity index (χ2n) is 6.00. The predicted octanol–water partition coefficient (Wildman–Crippen LogP) is 4.59. The number of hydrogen-bond acceptors (Lipinski definition) is 4. The smallest absolute Gasteiger partial charge is 0.192 e. The Balaban J connectivity index is 2.20. The van der Waals surface area contributed by atoms with Gasteiger partial charge in [-0.15, -0.1) is 0 Å². The first kappa shape index (κ1) is 16.5. The lowest BCUT2D eigenvalue weighted by Gasteiger charge is -2.21. The number of halogens is 1. The molecular weight excluding hydrogens is 346 g/mol. The van der Waals surface area contributed by atoms with Gasteiger partial charge in [0.15, 0.2) is 5.16 Å². The van der Waals surface area contributed by atoms with E-state index in [0.717, 1.165) is 21.7 Å². The average Bonchev–Trinajstić information content (AvgIpc) is 2.39. The standard InChI is InChI=1S/C16H20BrN3S/c1-11-8-18-15(19-9-11)21-14-7-13(17)6-5-12(14)10-20-16(2,3)4/h5-9,20H,10H2,1-4H3. The molecule has 5 heteroatoms. The van der Waals surface area contributed by atoms with Crippen LogP contribution < -0.4 is 5.32 Å². The molecule has 3 nitrogen and oxygen atoms in total. The number of aromatic nitrogens is 2. The highest BCUT2D eigenvalue weighted by atomic mass is 79.9. The SMILES string of the molecule is Cc1cnc(Sc2cc(Br)ccc2CNC(C)(C)C)nc1. The van der Waals surface area contributed by atoms with Gasteiger partial charge in [0.25, 0.3) is 0 Å². The van der Waals surface area contributed by atoms with E-state index in [0.29, 0.717) is 0 Å². The van der Waals surface area contributed by atoms with Crippen LogP contribution in [0.15, 0.2) is 45.1 Å². The molecule has 0 saturated carbocycles. The predicted molar refractivity (Wildman–Crippen MR) is 91.6 cm³/mol. The highest BCUT2D eigenvalue weighted by Crippen LogP contribution is 2.30. The first-order valence-corrected chi connectivity index (χ1v) is 8.44. The molecule has 1 N–H and O–H groups in total. The van der Waals surface area contributed by atoms with Gasteiger partial charge >= 0.3 is 0 Å². The van der Waals surface area contributed by atoms with E-state index in [9.17, 15) is 0 Å². The van der Waals surface area contributed by atoms with Crippen LogP contribution in [0.1, 0.15) is 31.9 Å². The van der Waals surface area contributed by atoms with Gasteiger partial charge in [0.05, 0.1) is 0 Å². The number of rotatable bonds is 4. The number of aryl methyl sites for hydroxylation is 1. The van der Waals surface area contributed by atoms with Gasteiger partial charge in [0.1, 0.15) is 0 Å². The summed E-state index contributed by atoms with van der Waals surface area (Å²) in [6.45, 7) is 9.32. The maximum absolute atomic E-state index is 4.37. The molecule has 112 valence electrons. The van der Waals surface area contributed by atoms with Crippen molar-refractivity contribution in [1.82, 2.24) is 15.3 Å². The molecule has 1 heterocycles. The maximum atomic E-state index is 4.37. The van der Waals surface area contributed by atoms with Gasteiger partial charge in [0, 0.05) is 33.8 Å². The Morgan fingerprint density at radius 3 is 2.48 bits per heavy atom. The van der Waals surface area contributed by atoms with Crippen molar-refractivity contribution in [2.75, 3.05) is 0 Å². The summed E-state index contributed by atoms with van der Waals surface area (Å²) < 4.78 is 1.07. The first-order valence-electron chi connectivity index (χ1n) is 6.83. The number of nitrogens with zero attached hydrogens (tertiary/aromatic N) is 2. The highest BCUT2D eigenvalue weighted by molar-refractivity contribution is 9.10. The summed E-state index contributed by atoms with van der Waals surface area (Å²) in [6, 6.07) is 6.33. The van der Waals surface area contributed by atoms with Gasteiger partial charge < -0.3 is 5.32 Å². The van der Waals surface area contributed by atoms with E-state index in [-0.39, 0.29) is 5.54 Å². The zero-order valence-electron chi connectivity index (χ0n) is 12.8. The Bertz CT molecular complexity index is 606. The fourth-order valence-corrected chi connectivity index (χ4v) is 3.04. The van der Waals surface area contributed by atoms with Crippen molar-refractivity contribution in [2.45, 2.75) is 49.8 Å². The molecule has 1 aromatic carbocycles. The van der Waals surface area contributed by atoms with Gasteiger partial charge in [-0.3, -0.25) is 0 Å². The summed E-state index contributed by atoms with van der Waals surface area (Å²) in [5, 5.41) is 4.30. The lowest BCUT2D eigenvalue weighted by atomic mass is 10.1. The van der Waals surface area contributed by atoms with Crippen molar-refractivity contribution in [2.24, 2.45) is 0 Å². The third kappa shape index (κ3) is 5.41. The number of nitrogens with one attached hydrogen (secondary N) is 1. The van der Waals surface area contributed by atoms with E-state index >= 15 is 0 Å². The Labute approximate surface area is 139 Å². The maximum Gasteiger partial charge on any atom is 0.192 e. The third-order valence-electron chi connectivity index (χ3n) is 2.80. The van der Waals surface area contributed by atoms with Crippen LogP contribution in [0.2, 0.25) is 0 Å². The van der Waals surface area contributed by atoms with E-state index < -0.39 is 0 Å². The highest BCUT2D eigenvalue weighted by Gasteiger charge is 2.12. The van der Waals surface area contributed by atoms with Crippen LogP contribution in [0.5, 0.6) is 0 Å². The zero-order chi connectivity index (χ0) is 15.5. The second-order valence-corrected chi connectivity index (χ2v) is 7.93. The van der Waals surface area contributed by atoms with Crippen molar-refractivity contribution in [3.63, 3.8) is 0 Å². The molecule has 0 amide bonds. The molecule has 2 rings (SSSR count). The number of benzene rings is 1. The molecule has 0 unspecified atom stereocenters. The lowest BCUT2D eigenvalue weighted by molar-refractivity contribution is 0.422. The quantitative estimate of drug-likeness (QED) is 0.804. The minimum absolute atomic E-state index is 0.0926. The fraction of sp³-hybridized carbons (Fsp3) is 0.375. The van der Waals surface area contributed by atoms with Gasteiger partial charge in [-0.05, 0) is 62.7 Å². The fourth-order valence-electron chi connectivity index (χ4n) is 1.66. The Morgan fingerprint density at radius 2 is 1.86 bits per heavy atom. The molecule has 0 aliphatic carbocycles. The van der Waals surface area contributed by atoms with Gasteiger partial charge in [0.2, 0.25) is 0 Å². The topological polar surface area (TPSA) is 37.8 Å². The second kappa shape index (κ2) is 6.90. The van der Waals surface area contributed by atoms with Crippen LogP contribution in [0.4, 0.5) is 0 Å². The van der Waals surface area contributed by atoms with E-state index in [1.807, 2.05) is 19.3 Å². The van der Waals surface area contributed by atoms with Gasteiger partial charge in [-0.1, -0.05) is 22.0 Å². The molecule has 2 aromatic rings. The van der Waals surface area contributed by atoms with Crippen molar-refractivity contribution >= 4 is 27.7 Å². The lowest BCUT2D eigenvalue weighted by Crippen LogP contribution is -2.35. The molecule has 21 heavy (non-hydrogen) atoms. The Kier molecular flexibility index (Phi) is 5.41. The summed E-state index contributed by atoms with van der Waals surface area (Å²) in [4.78, 5) is 9.91. The summed E-state index contributed by atoms with van der Waals surface area (Å²) in [6.07, 6.45) is 3.70. The monoisotopic (exact) mass is 365 g/mol. The zero-order valence-corrected chi connectivity index (χ0v) is 15.2. The van der Waals surface area contributed by atoms with Crippen molar-refractivity contribution < 1.29 is 0 Å². The van der Waals surface area contributed by atoms with Crippen molar-refractivity contribution in [1.29, 1.82) is 0 Å². The molecule has 0 aliphatic heterocycles. The largest absolute Gasteiger partial charge is 0.308 e. The normalized spacial score (nSPS) is 11.7. The molecule has 0 bridgehead atoms. The molecule has 0 saturated heterocycles. The summed E-state index contributed by atoms with van der Waals surface area (Å²) in [7, 11) is 0. The molecule has 0 fully saturated rings. The van der Waals surface area contributed by atoms with Crippen LogP contribution in [-0.4, -0.2) is 15.5 Å². The van der Waals surface area contributed by atoms with E-state index in [2.05, 4.69) is 70.2 Å².